The molecule has 115 heavy (non-hydrogen) atoms. The number of nitrogens with zero attached hydrogens (tertiary/aromatic N) is 4. The quantitative estimate of drug-likeness (QED) is 0.100. The molecular weight excluding hydrogens is 1390 g/mol. The van der Waals surface area contributed by atoms with E-state index in [0.717, 1.165) is 43.1 Å². The number of benzene rings is 19. The van der Waals surface area contributed by atoms with Gasteiger partial charge in [-0.15, -0.1) is 0 Å². The zero-order valence-corrected chi connectivity index (χ0v) is 62.4. The Balaban J connectivity index is 0.976. The molecule has 0 saturated heterocycles. The Hall–Kier alpha value is -14.5. The van der Waals surface area contributed by atoms with Gasteiger partial charge in [0.2, 0.25) is 0 Å². The van der Waals surface area contributed by atoms with Gasteiger partial charge in [-0.1, -0.05) is 360 Å². The van der Waals surface area contributed by atoms with Crippen LogP contribution in [-0.2, 0) is 5.41 Å². The molecule has 0 amide bonds. The summed E-state index contributed by atoms with van der Waals surface area (Å²) >= 11 is 0. The predicted molar refractivity (Wildman–Crippen MR) is 490 cm³/mol. The molecule has 2 aromatic heterocycles. The van der Waals surface area contributed by atoms with Gasteiger partial charge in [0.25, 0.3) is 6.71 Å². The van der Waals surface area contributed by atoms with E-state index in [2.05, 4.69) is 72.8 Å². The minimum Gasteiger partial charge on any atom is -0.310 e. The van der Waals surface area contributed by atoms with E-state index in [1.807, 2.05) is 164 Å². The lowest BCUT2D eigenvalue weighted by molar-refractivity contribution is 0.590. The number of anilines is 6. The standard InChI is InChI=1S/C110H75BN4/c1-110(2,3)80-66-103-107-104(67-80)115(109-93(91-46-24-38-76-54-52-74-36-16-18-40-83(74)105(76)91)48-27-49-94(109)92-47-25-39-77-55-53-75-37-17-19-41-84(75)106(77)92)102-69-82(113-98-51-23-21-43-88(98)90-61-57-79(65-100(90)113)71-30-10-5-11-31-71)59-63-96(102)111(107)95-62-58-81(112-97-50-22-20-42-87(97)89-60-56-78(64-99(89)112)70-28-8-4-9-29-70)68-101(95)114(103)108-85(72-32-12-6-13-33-72)44-26-45-86(108)73-34-14-7-15-35-73/h4-69H,1-3H3/i20D,21D,22D,23D,42D,43D,50D,51D,56D,57D,58D,59D,60D,61D,64D,65D,66D,67D,68D,69D. The molecule has 0 fully saturated rings. The average molecular weight is 1480 g/mol. The summed E-state index contributed by atoms with van der Waals surface area (Å²) in [5, 5.41) is 6.08. The largest absolute Gasteiger partial charge is 0.310 e. The zero-order valence-electron chi connectivity index (χ0n) is 82.4. The Kier molecular flexibility index (Phi) is 11.1. The first-order valence-corrected chi connectivity index (χ1v) is 38.5. The summed E-state index contributed by atoms with van der Waals surface area (Å²) in [5.74, 6) is 0. The molecular formula is C110H75BN4. The number of aromatic nitrogens is 2. The van der Waals surface area contributed by atoms with Crippen molar-refractivity contribution in [1.29, 1.82) is 0 Å². The summed E-state index contributed by atoms with van der Waals surface area (Å²) in [4.78, 5) is 3.78. The van der Waals surface area contributed by atoms with E-state index in [0.29, 0.717) is 67.0 Å². The van der Waals surface area contributed by atoms with Crippen LogP contribution in [0.5, 0.6) is 0 Å². The van der Waals surface area contributed by atoms with Gasteiger partial charge < -0.3 is 18.9 Å². The number of rotatable bonds is 10. The summed E-state index contributed by atoms with van der Waals surface area (Å²) in [6.07, 6.45) is 0. The van der Waals surface area contributed by atoms with Crippen molar-refractivity contribution in [1.82, 2.24) is 9.13 Å². The monoisotopic (exact) mass is 1480 g/mol. The van der Waals surface area contributed by atoms with Gasteiger partial charge in [0.1, 0.15) is 0 Å². The van der Waals surface area contributed by atoms with E-state index in [-0.39, 0.29) is 123 Å². The number of para-hydroxylation sites is 4. The molecule has 538 valence electrons. The molecule has 0 bridgehead atoms. The highest BCUT2D eigenvalue weighted by atomic mass is 15.2. The van der Waals surface area contributed by atoms with Gasteiger partial charge in [0, 0.05) is 77.9 Å². The third-order valence-corrected chi connectivity index (χ3v) is 23.0. The van der Waals surface area contributed by atoms with Crippen LogP contribution in [0.3, 0.4) is 0 Å². The van der Waals surface area contributed by atoms with Crippen molar-refractivity contribution in [2.45, 2.75) is 26.2 Å². The third kappa shape index (κ3) is 10.4. The Morgan fingerprint density at radius 3 is 1.08 bits per heavy atom. The van der Waals surface area contributed by atoms with Gasteiger partial charge in [-0.3, -0.25) is 0 Å². The van der Waals surface area contributed by atoms with Crippen LogP contribution in [0.15, 0.2) is 400 Å². The second kappa shape index (κ2) is 26.0. The van der Waals surface area contributed by atoms with Crippen molar-refractivity contribution in [2.24, 2.45) is 0 Å². The topological polar surface area (TPSA) is 16.3 Å². The molecule has 0 unspecified atom stereocenters. The van der Waals surface area contributed by atoms with Crippen LogP contribution in [0.1, 0.15) is 53.7 Å². The van der Waals surface area contributed by atoms with Gasteiger partial charge in [-0.25, -0.2) is 0 Å². The molecule has 23 rings (SSSR count). The SMILES string of the molecule is [2H]c1cc2c(c([2H])c1-n1c3c([2H])c([2H])c([2H])c([2H])c3c3c([2H])c([2H])c(-c4ccccc4)c([2H])c31)N(c1c(-c3ccccc3)cccc1-c1ccccc1)c1c([2H])c(C(C)(C)C)c([2H])c3c1B2c1cc([2H])c(-n2c4c([2H])c([2H])c([2H])c([2H])c4c4c([2H])c([2H])c(-c5ccccc5)c([2H])c42)c([2H])c1N3c1c(-c2cccc3ccc4ccccc4c23)cccc1-c1cccc2ccc3ccccc3c12. The van der Waals surface area contributed by atoms with E-state index in [4.69, 9.17) is 0 Å². The number of fused-ring (bicyclic) bond motifs is 16. The number of hydrogen-bond donors (Lipinski definition) is 0. The van der Waals surface area contributed by atoms with Crippen molar-refractivity contribution < 1.29 is 27.4 Å². The van der Waals surface area contributed by atoms with E-state index in [9.17, 15) is 27.4 Å². The Labute approximate surface area is 696 Å². The van der Waals surface area contributed by atoms with Crippen molar-refractivity contribution in [3.63, 3.8) is 0 Å². The van der Waals surface area contributed by atoms with E-state index < -0.39 is 121 Å². The van der Waals surface area contributed by atoms with Gasteiger partial charge >= 0.3 is 0 Å². The third-order valence-electron chi connectivity index (χ3n) is 23.0. The Bertz CT molecular complexity index is 8670. The van der Waals surface area contributed by atoms with Gasteiger partial charge in [-0.05, 0) is 175 Å². The lowest BCUT2D eigenvalue weighted by Gasteiger charge is -2.46. The maximum absolute atomic E-state index is 12.2. The second-order valence-corrected chi connectivity index (χ2v) is 30.5. The number of hydrogen-bond acceptors (Lipinski definition) is 2. The summed E-state index contributed by atoms with van der Waals surface area (Å²) in [7, 11) is 0. The molecule has 4 heterocycles. The fraction of sp³-hybridized carbons (Fsp3) is 0.0364. The Morgan fingerprint density at radius 1 is 0.261 bits per heavy atom. The minimum absolute atomic E-state index is 0.0406. The molecule has 4 nitrogen and oxygen atoms in total. The average Bonchev–Trinajstić information content (AvgIpc) is 1.53. The van der Waals surface area contributed by atoms with Crippen LogP contribution < -0.4 is 26.2 Å². The van der Waals surface area contributed by atoms with Crippen molar-refractivity contribution in [3.05, 3.63) is 405 Å². The van der Waals surface area contributed by atoms with E-state index in [1.165, 1.54) is 15.2 Å². The van der Waals surface area contributed by atoms with E-state index in [1.54, 1.807) is 66.7 Å². The first kappa shape index (κ1) is 49.0. The summed E-state index contributed by atoms with van der Waals surface area (Å²) in [6.45, 7) is 4.23. The Morgan fingerprint density at radius 2 is 0.626 bits per heavy atom. The fourth-order valence-corrected chi connectivity index (χ4v) is 17.8. The molecule has 2 aliphatic heterocycles. The van der Waals surface area contributed by atoms with Crippen molar-refractivity contribution >= 4 is 144 Å². The molecule has 0 aliphatic carbocycles. The molecule has 0 atom stereocenters. The van der Waals surface area contributed by atoms with Gasteiger partial charge in [-0.2, -0.15) is 0 Å². The smallest absolute Gasteiger partial charge is 0.252 e. The molecule has 0 saturated carbocycles. The van der Waals surface area contributed by atoms with E-state index >= 15 is 0 Å². The van der Waals surface area contributed by atoms with Crippen LogP contribution in [0, 0.1) is 0 Å². The summed E-state index contributed by atoms with van der Waals surface area (Å²) in [5.41, 5.74) is 4.06. The van der Waals surface area contributed by atoms with Crippen molar-refractivity contribution in [2.75, 3.05) is 9.80 Å². The second-order valence-electron chi connectivity index (χ2n) is 30.5. The molecule has 0 spiro atoms. The predicted octanol–water partition coefficient (Wildman–Crippen LogP) is 27.9. The molecule has 2 aliphatic rings. The fourth-order valence-electron chi connectivity index (χ4n) is 17.8. The molecule has 21 aromatic rings. The maximum atomic E-state index is 12.2. The van der Waals surface area contributed by atoms with Crippen LogP contribution in [0.2, 0.25) is 0 Å². The maximum Gasteiger partial charge on any atom is 0.252 e. The highest BCUT2D eigenvalue weighted by Gasteiger charge is 2.46. The molecule has 5 heteroatoms. The van der Waals surface area contributed by atoms with Crippen LogP contribution in [0.4, 0.5) is 34.1 Å². The van der Waals surface area contributed by atoms with Crippen LogP contribution in [0.25, 0.3) is 165 Å². The summed E-state index contributed by atoms with van der Waals surface area (Å²) < 4.78 is 213. The van der Waals surface area contributed by atoms with Crippen LogP contribution >= 0.6 is 0 Å². The van der Waals surface area contributed by atoms with Crippen molar-refractivity contribution in [3.8, 4) is 78.1 Å². The highest BCUT2D eigenvalue weighted by Crippen LogP contribution is 2.56. The van der Waals surface area contributed by atoms with Gasteiger partial charge in [0.15, 0.2) is 0 Å². The van der Waals surface area contributed by atoms with Crippen LogP contribution in [-0.4, -0.2) is 15.8 Å². The molecule has 0 radical (unpaired) electrons. The first-order valence-electron chi connectivity index (χ1n) is 48.5. The lowest BCUT2D eigenvalue weighted by atomic mass is 9.33. The zero-order chi connectivity index (χ0) is 93.6. The molecule has 19 aromatic carbocycles. The minimum atomic E-state index is -1.52. The van der Waals surface area contributed by atoms with Gasteiger partial charge in [0.05, 0.1) is 60.9 Å². The lowest BCUT2D eigenvalue weighted by Crippen LogP contribution is -2.61. The molecule has 0 N–H and O–H groups in total. The summed E-state index contributed by atoms with van der Waals surface area (Å²) in [6, 6.07) is 77.6. The highest BCUT2D eigenvalue weighted by molar-refractivity contribution is 7.00. The normalized spacial score (nSPS) is 15.0. The first-order chi connectivity index (χ1) is 65.1.